The van der Waals surface area contributed by atoms with Gasteiger partial charge in [-0.1, -0.05) is 48.6 Å². The Hall–Kier alpha value is -2.95. The summed E-state index contributed by atoms with van der Waals surface area (Å²) in [6, 6.07) is 14.1. The molecule has 0 radical (unpaired) electrons. The van der Waals surface area contributed by atoms with Crippen molar-refractivity contribution in [2.24, 2.45) is 0 Å². The lowest BCUT2D eigenvalue weighted by Gasteiger charge is -2.05. The third kappa shape index (κ3) is 5.74. The summed E-state index contributed by atoms with van der Waals surface area (Å²) in [5.74, 6) is -0.306. The second kappa shape index (κ2) is 8.48. The molecule has 2 rings (SSSR count). The minimum atomic E-state index is -0.454. The SMILES string of the molecule is O=C(NCCC=Cc1ccc(O)c(O)c1)OCc1ccccc1. The highest BCUT2D eigenvalue weighted by Crippen LogP contribution is 2.25. The molecule has 0 aliphatic heterocycles. The van der Waals surface area contributed by atoms with E-state index in [1.165, 1.54) is 12.1 Å². The maximum Gasteiger partial charge on any atom is 0.407 e. The highest BCUT2D eigenvalue weighted by Gasteiger charge is 2.01. The molecule has 0 aliphatic rings. The molecule has 0 fully saturated rings. The first-order valence-electron chi connectivity index (χ1n) is 7.28. The quantitative estimate of drug-likeness (QED) is 0.564. The molecule has 2 aromatic rings. The van der Waals surface area contributed by atoms with Gasteiger partial charge in [-0.15, -0.1) is 0 Å². The van der Waals surface area contributed by atoms with Crippen LogP contribution in [0.5, 0.6) is 11.5 Å². The Morgan fingerprint density at radius 1 is 1.09 bits per heavy atom. The molecule has 0 aliphatic carbocycles. The number of amides is 1. The summed E-state index contributed by atoms with van der Waals surface area (Å²) in [6.45, 7) is 0.698. The number of carbonyl (C=O) groups excluding carboxylic acids is 1. The van der Waals surface area contributed by atoms with E-state index in [-0.39, 0.29) is 18.1 Å². The van der Waals surface area contributed by atoms with Gasteiger partial charge in [-0.2, -0.15) is 0 Å². The first-order chi connectivity index (χ1) is 11.1. The average Bonchev–Trinajstić information content (AvgIpc) is 2.57. The Kier molecular flexibility index (Phi) is 6.06. The van der Waals surface area contributed by atoms with Gasteiger partial charge in [0, 0.05) is 6.54 Å². The van der Waals surface area contributed by atoms with Crippen LogP contribution in [0.15, 0.2) is 54.6 Å². The van der Waals surface area contributed by atoms with E-state index in [0.717, 1.165) is 11.1 Å². The lowest BCUT2D eigenvalue weighted by atomic mass is 10.2. The molecule has 2 aromatic carbocycles. The largest absolute Gasteiger partial charge is 0.504 e. The summed E-state index contributed by atoms with van der Waals surface area (Å²) < 4.78 is 5.09. The van der Waals surface area contributed by atoms with Crippen LogP contribution in [-0.4, -0.2) is 22.9 Å². The van der Waals surface area contributed by atoms with Crippen LogP contribution in [0.4, 0.5) is 4.79 Å². The zero-order chi connectivity index (χ0) is 16.5. The van der Waals surface area contributed by atoms with E-state index in [9.17, 15) is 15.0 Å². The van der Waals surface area contributed by atoms with Gasteiger partial charge in [-0.3, -0.25) is 0 Å². The first-order valence-corrected chi connectivity index (χ1v) is 7.28. The summed E-state index contributed by atoms with van der Waals surface area (Å²) in [4.78, 5) is 11.5. The van der Waals surface area contributed by atoms with Crippen LogP contribution in [-0.2, 0) is 11.3 Å². The van der Waals surface area contributed by atoms with Gasteiger partial charge in [0.25, 0.3) is 0 Å². The molecular weight excluding hydrogens is 294 g/mol. The molecule has 1 amide bonds. The Bertz CT molecular complexity index is 668. The third-order valence-electron chi connectivity index (χ3n) is 3.10. The molecule has 0 aromatic heterocycles. The second-order valence-electron chi connectivity index (χ2n) is 4.93. The van der Waals surface area contributed by atoms with Gasteiger partial charge in [-0.05, 0) is 29.7 Å². The summed E-state index contributed by atoms with van der Waals surface area (Å²) in [5, 5.41) is 21.2. The number of nitrogens with one attached hydrogen (secondary N) is 1. The molecule has 120 valence electrons. The average molecular weight is 313 g/mol. The van der Waals surface area contributed by atoms with E-state index in [1.54, 1.807) is 12.1 Å². The number of phenols is 2. The van der Waals surface area contributed by atoms with Crippen molar-refractivity contribution in [3.8, 4) is 11.5 Å². The van der Waals surface area contributed by atoms with Gasteiger partial charge in [0.15, 0.2) is 11.5 Å². The maximum absolute atomic E-state index is 11.5. The number of ether oxygens (including phenoxy) is 1. The van der Waals surface area contributed by atoms with Crippen molar-refractivity contribution in [2.45, 2.75) is 13.0 Å². The number of aromatic hydroxyl groups is 2. The molecule has 0 saturated heterocycles. The molecule has 0 spiro atoms. The fraction of sp³-hybridized carbons (Fsp3) is 0.167. The van der Waals surface area contributed by atoms with Crippen LogP contribution >= 0.6 is 0 Å². The van der Waals surface area contributed by atoms with Crippen molar-refractivity contribution >= 4 is 12.2 Å². The summed E-state index contributed by atoms with van der Waals surface area (Å²) in [7, 11) is 0. The van der Waals surface area contributed by atoms with Crippen molar-refractivity contribution in [3.05, 3.63) is 65.7 Å². The van der Waals surface area contributed by atoms with Crippen LogP contribution in [0.1, 0.15) is 17.5 Å². The molecular formula is C18H19NO4. The topological polar surface area (TPSA) is 78.8 Å². The van der Waals surface area contributed by atoms with E-state index < -0.39 is 6.09 Å². The lowest BCUT2D eigenvalue weighted by molar-refractivity contribution is 0.140. The van der Waals surface area contributed by atoms with Crippen molar-refractivity contribution < 1.29 is 19.7 Å². The van der Waals surface area contributed by atoms with Gasteiger partial charge in [-0.25, -0.2) is 4.79 Å². The minimum Gasteiger partial charge on any atom is -0.504 e. The van der Waals surface area contributed by atoms with Crippen LogP contribution in [0.25, 0.3) is 6.08 Å². The molecule has 0 heterocycles. The second-order valence-corrected chi connectivity index (χ2v) is 4.93. The lowest BCUT2D eigenvalue weighted by Crippen LogP contribution is -2.24. The fourth-order valence-corrected chi connectivity index (χ4v) is 1.90. The molecule has 0 unspecified atom stereocenters. The van der Waals surface area contributed by atoms with Gasteiger partial charge in [0.1, 0.15) is 6.61 Å². The Balaban J connectivity index is 1.65. The van der Waals surface area contributed by atoms with Crippen LogP contribution < -0.4 is 5.32 Å². The van der Waals surface area contributed by atoms with Crippen molar-refractivity contribution in [1.29, 1.82) is 0 Å². The van der Waals surface area contributed by atoms with E-state index in [1.807, 2.05) is 36.4 Å². The fourth-order valence-electron chi connectivity index (χ4n) is 1.90. The van der Waals surface area contributed by atoms with Crippen molar-refractivity contribution in [2.75, 3.05) is 6.54 Å². The van der Waals surface area contributed by atoms with Crippen LogP contribution in [0.2, 0.25) is 0 Å². The Morgan fingerprint density at radius 2 is 1.87 bits per heavy atom. The number of phenolic OH excluding ortho intramolecular Hbond substituents is 2. The molecule has 0 atom stereocenters. The first kappa shape index (κ1) is 16.4. The number of hydrogen-bond donors (Lipinski definition) is 3. The van der Waals surface area contributed by atoms with Crippen molar-refractivity contribution in [1.82, 2.24) is 5.32 Å². The summed E-state index contributed by atoms with van der Waals surface area (Å²) in [6.07, 6.45) is 3.84. The van der Waals surface area contributed by atoms with Gasteiger partial charge in [0.2, 0.25) is 0 Å². The standard InChI is InChI=1S/C18H19NO4/c20-16-10-9-14(12-17(16)21)6-4-5-11-19-18(22)23-13-15-7-2-1-3-8-15/h1-4,6-10,12,20-21H,5,11,13H2,(H,19,22). The number of rotatable bonds is 6. The van der Waals surface area contributed by atoms with Crippen LogP contribution in [0, 0.1) is 0 Å². The molecule has 0 bridgehead atoms. The summed E-state index contributed by atoms with van der Waals surface area (Å²) >= 11 is 0. The zero-order valence-corrected chi connectivity index (χ0v) is 12.6. The van der Waals surface area contributed by atoms with Gasteiger partial charge < -0.3 is 20.3 Å². The van der Waals surface area contributed by atoms with E-state index in [0.29, 0.717) is 13.0 Å². The zero-order valence-electron chi connectivity index (χ0n) is 12.6. The Labute approximate surface area is 134 Å². The van der Waals surface area contributed by atoms with Crippen molar-refractivity contribution in [3.63, 3.8) is 0 Å². The predicted molar refractivity (Wildman–Crippen MR) is 88.1 cm³/mol. The highest BCUT2D eigenvalue weighted by atomic mass is 16.5. The normalized spacial score (nSPS) is 10.6. The highest BCUT2D eigenvalue weighted by molar-refractivity contribution is 5.67. The number of benzene rings is 2. The monoisotopic (exact) mass is 313 g/mol. The predicted octanol–water partition coefficient (Wildman–Crippen LogP) is 3.43. The molecule has 23 heavy (non-hydrogen) atoms. The third-order valence-corrected chi connectivity index (χ3v) is 3.10. The smallest absolute Gasteiger partial charge is 0.407 e. The number of alkyl carbamates (subject to hydrolysis) is 1. The Morgan fingerprint density at radius 3 is 2.61 bits per heavy atom. The molecule has 5 nitrogen and oxygen atoms in total. The van der Waals surface area contributed by atoms with E-state index in [2.05, 4.69) is 5.32 Å². The molecule has 0 saturated carbocycles. The molecule has 5 heteroatoms. The van der Waals surface area contributed by atoms with Gasteiger partial charge in [0.05, 0.1) is 0 Å². The number of carbonyl (C=O) groups is 1. The summed E-state index contributed by atoms with van der Waals surface area (Å²) in [5.41, 5.74) is 1.71. The number of hydrogen-bond acceptors (Lipinski definition) is 4. The van der Waals surface area contributed by atoms with Crippen LogP contribution in [0.3, 0.4) is 0 Å². The van der Waals surface area contributed by atoms with E-state index in [4.69, 9.17) is 4.74 Å². The van der Waals surface area contributed by atoms with E-state index >= 15 is 0 Å². The van der Waals surface area contributed by atoms with Gasteiger partial charge >= 0.3 is 6.09 Å². The minimum absolute atomic E-state index is 0.148. The maximum atomic E-state index is 11.5. The molecule has 3 N–H and O–H groups in total.